The molecule has 2 rings (SSSR count). The molecule has 0 saturated heterocycles. The largest absolute Gasteiger partial charge is 0.397 e. The van der Waals surface area contributed by atoms with E-state index in [1.165, 1.54) is 12.1 Å². The third-order valence-corrected chi connectivity index (χ3v) is 3.35. The number of halogens is 2. The number of nitrogens with one attached hydrogen (secondary N) is 1. The van der Waals surface area contributed by atoms with E-state index in [0.29, 0.717) is 11.4 Å². The number of aromatic nitrogens is 3. The van der Waals surface area contributed by atoms with Gasteiger partial charge in [-0.05, 0) is 12.1 Å². The van der Waals surface area contributed by atoms with Crippen molar-refractivity contribution in [3.63, 3.8) is 0 Å². The Balaban J connectivity index is 2.10. The number of hydrogen-bond acceptors (Lipinski definition) is 4. The molecule has 0 spiro atoms. The average molecular weight is 300 g/mol. The number of rotatable bonds is 3. The Hall–Kier alpha value is -1.79. The summed E-state index contributed by atoms with van der Waals surface area (Å²) >= 11 is 11.7. The Kier molecular flexibility index (Phi) is 3.92. The van der Waals surface area contributed by atoms with Crippen molar-refractivity contribution < 1.29 is 4.79 Å². The third-order valence-electron chi connectivity index (χ3n) is 2.53. The lowest BCUT2D eigenvalue weighted by molar-refractivity contribution is 0.0949. The van der Waals surface area contributed by atoms with Crippen LogP contribution in [0.2, 0.25) is 10.0 Å². The van der Waals surface area contributed by atoms with Crippen molar-refractivity contribution in [1.29, 1.82) is 0 Å². The first-order valence-corrected chi connectivity index (χ1v) is 6.10. The second-order valence-electron chi connectivity index (χ2n) is 3.90. The van der Waals surface area contributed by atoms with E-state index in [0.717, 1.165) is 0 Å². The van der Waals surface area contributed by atoms with Gasteiger partial charge in [0.05, 0.1) is 22.3 Å². The third kappa shape index (κ3) is 2.97. The first-order valence-electron chi connectivity index (χ1n) is 5.34. The summed E-state index contributed by atoms with van der Waals surface area (Å²) in [6.45, 7) is 0.259. The van der Waals surface area contributed by atoms with Crippen molar-refractivity contribution in [3.05, 3.63) is 39.9 Å². The molecule has 3 N–H and O–H groups in total. The van der Waals surface area contributed by atoms with Crippen molar-refractivity contribution >= 4 is 34.8 Å². The number of anilines is 1. The smallest absolute Gasteiger partial charge is 0.251 e. The zero-order valence-corrected chi connectivity index (χ0v) is 11.5. The Morgan fingerprint density at radius 3 is 2.79 bits per heavy atom. The van der Waals surface area contributed by atoms with Crippen LogP contribution in [0, 0.1) is 0 Å². The van der Waals surface area contributed by atoms with Gasteiger partial charge in [-0.25, -0.2) is 0 Å². The van der Waals surface area contributed by atoms with Gasteiger partial charge in [0.25, 0.3) is 5.91 Å². The van der Waals surface area contributed by atoms with Gasteiger partial charge in [-0.3, -0.25) is 4.79 Å². The second-order valence-corrected chi connectivity index (χ2v) is 4.69. The molecule has 0 aliphatic carbocycles. The predicted octanol–water partition coefficient (Wildman–Crippen LogP) is 1.63. The lowest BCUT2D eigenvalue weighted by Gasteiger charge is -2.07. The van der Waals surface area contributed by atoms with Gasteiger partial charge in [0, 0.05) is 12.6 Å². The molecule has 0 radical (unpaired) electrons. The summed E-state index contributed by atoms with van der Waals surface area (Å²) in [4.78, 5) is 11.9. The summed E-state index contributed by atoms with van der Waals surface area (Å²) in [5.74, 6) is 0.328. The maximum absolute atomic E-state index is 11.9. The van der Waals surface area contributed by atoms with Crippen LogP contribution < -0.4 is 11.1 Å². The van der Waals surface area contributed by atoms with Crippen LogP contribution in [-0.4, -0.2) is 20.7 Å². The zero-order valence-electron chi connectivity index (χ0n) is 10.0. The summed E-state index contributed by atoms with van der Waals surface area (Å²) in [6.07, 6.45) is 1.55. The lowest BCUT2D eigenvalue weighted by atomic mass is 10.2. The number of aryl methyl sites for hydroxylation is 1. The van der Waals surface area contributed by atoms with Crippen LogP contribution in [0.1, 0.15) is 16.2 Å². The van der Waals surface area contributed by atoms with Gasteiger partial charge >= 0.3 is 0 Å². The minimum atomic E-state index is -0.312. The van der Waals surface area contributed by atoms with Gasteiger partial charge in [-0.1, -0.05) is 23.2 Å². The highest BCUT2D eigenvalue weighted by Crippen LogP contribution is 2.29. The van der Waals surface area contributed by atoms with E-state index in [-0.39, 0.29) is 28.2 Å². The van der Waals surface area contributed by atoms with Crippen LogP contribution in [0.25, 0.3) is 0 Å². The molecule has 8 heteroatoms. The Labute approximate surface area is 119 Å². The average Bonchev–Trinajstić information content (AvgIpc) is 2.78. The molecule has 1 amide bonds. The minimum absolute atomic E-state index is 0.241. The van der Waals surface area contributed by atoms with Gasteiger partial charge in [0.2, 0.25) is 0 Å². The maximum atomic E-state index is 11.9. The van der Waals surface area contributed by atoms with E-state index in [1.807, 2.05) is 0 Å². The molecule has 1 aromatic heterocycles. The van der Waals surface area contributed by atoms with E-state index in [9.17, 15) is 4.79 Å². The molecule has 19 heavy (non-hydrogen) atoms. The molecular formula is C11H11Cl2N5O. The number of hydrogen-bond donors (Lipinski definition) is 2. The monoisotopic (exact) mass is 299 g/mol. The SMILES string of the molecule is Cn1cnnc1CNC(=O)c1cc(N)c(Cl)c(Cl)c1. The fraction of sp³-hybridized carbons (Fsp3) is 0.182. The van der Waals surface area contributed by atoms with Crippen molar-refractivity contribution in [2.75, 3.05) is 5.73 Å². The van der Waals surface area contributed by atoms with Gasteiger partial charge in [-0.15, -0.1) is 10.2 Å². The molecule has 0 fully saturated rings. The molecule has 1 heterocycles. The first kappa shape index (κ1) is 13.6. The highest BCUT2D eigenvalue weighted by molar-refractivity contribution is 6.43. The molecule has 0 aliphatic heterocycles. The van der Waals surface area contributed by atoms with Crippen LogP contribution in [0.15, 0.2) is 18.5 Å². The number of nitrogen functional groups attached to an aromatic ring is 1. The molecule has 0 unspecified atom stereocenters. The Bertz CT molecular complexity index is 602. The number of carbonyl (C=O) groups is 1. The summed E-state index contributed by atoms with van der Waals surface area (Å²) in [5.41, 5.74) is 6.26. The number of amides is 1. The van der Waals surface area contributed by atoms with Gasteiger partial charge in [-0.2, -0.15) is 0 Å². The van der Waals surface area contributed by atoms with Crippen LogP contribution in [-0.2, 0) is 13.6 Å². The van der Waals surface area contributed by atoms with Gasteiger partial charge in [0.15, 0.2) is 5.82 Å². The molecule has 0 saturated carbocycles. The fourth-order valence-electron chi connectivity index (χ4n) is 1.47. The van der Waals surface area contributed by atoms with Crippen LogP contribution in [0.3, 0.4) is 0 Å². The highest BCUT2D eigenvalue weighted by Gasteiger charge is 2.12. The normalized spacial score (nSPS) is 10.5. The molecule has 0 aliphatic rings. The van der Waals surface area contributed by atoms with E-state index >= 15 is 0 Å². The first-order chi connectivity index (χ1) is 8.99. The van der Waals surface area contributed by atoms with Crippen molar-refractivity contribution in [2.24, 2.45) is 7.05 Å². The molecule has 100 valence electrons. The number of carbonyl (C=O) groups excluding carboxylic acids is 1. The van der Waals surface area contributed by atoms with E-state index < -0.39 is 0 Å². The molecule has 6 nitrogen and oxygen atoms in total. The predicted molar refractivity (Wildman–Crippen MR) is 73.0 cm³/mol. The molecule has 1 aromatic carbocycles. The molecule has 0 bridgehead atoms. The Morgan fingerprint density at radius 2 is 2.21 bits per heavy atom. The lowest BCUT2D eigenvalue weighted by Crippen LogP contribution is -2.24. The van der Waals surface area contributed by atoms with Crippen LogP contribution >= 0.6 is 23.2 Å². The minimum Gasteiger partial charge on any atom is -0.397 e. The van der Waals surface area contributed by atoms with Crippen LogP contribution in [0.5, 0.6) is 0 Å². The van der Waals surface area contributed by atoms with E-state index in [4.69, 9.17) is 28.9 Å². The van der Waals surface area contributed by atoms with E-state index in [1.54, 1.807) is 17.9 Å². The highest BCUT2D eigenvalue weighted by atomic mass is 35.5. The van der Waals surface area contributed by atoms with E-state index in [2.05, 4.69) is 15.5 Å². The molecular weight excluding hydrogens is 289 g/mol. The molecule has 2 aromatic rings. The summed E-state index contributed by atoms with van der Waals surface area (Å²) < 4.78 is 1.71. The van der Waals surface area contributed by atoms with Gasteiger partial charge < -0.3 is 15.6 Å². The van der Waals surface area contributed by atoms with Crippen LogP contribution in [0.4, 0.5) is 5.69 Å². The van der Waals surface area contributed by atoms with Gasteiger partial charge in [0.1, 0.15) is 6.33 Å². The topological polar surface area (TPSA) is 85.8 Å². The quantitative estimate of drug-likeness (QED) is 0.844. The van der Waals surface area contributed by atoms with Crippen molar-refractivity contribution in [3.8, 4) is 0 Å². The molecule has 0 atom stereocenters. The number of nitrogens with zero attached hydrogens (tertiary/aromatic N) is 3. The number of nitrogens with two attached hydrogens (primary N) is 1. The maximum Gasteiger partial charge on any atom is 0.251 e. The Morgan fingerprint density at radius 1 is 1.47 bits per heavy atom. The fourth-order valence-corrected chi connectivity index (χ4v) is 1.81. The standard InChI is InChI=1S/C11H11Cl2N5O/c1-18-5-16-17-9(18)4-15-11(19)6-2-7(12)10(13)8(14)3-6/h2-3,5H,4,14H2,1H3,(H,15,19). The number of benzene rings is 1. The van der Waals surface area contributed by atoms with Crippen molar-refractivity contribution in [2.45, 2.75) is 6.54 Å². The zero-order chi connectivity index (χ0) is 14.0. The second kappa shape index (κ2) is 5.46. The summed E-state index contributed by atoms with van der Waals surface area (Å²) in [6, 6.07) is 2.94. The summed E-state index contributed by atoms with van der Waals surface area (Å²) in [7, 11) is 1.79. The summed E-state index contributed by atoms with van der Waals surface area (Å²) in [5, 5.41) is 10.8. The van der Waals surface area contributed by atoms with Crippen molar-refractivity contribution in [1.82, 2.24) is 20.1 Å².